The zero-order valence-corrected chi connectivity index (χ0v) is 18.0. The van der Waals surface area contributed by atoms with Gasteiger partial charge >= 0.3 is 11.9 Å². The van der Waals surface area contributed by atoms with Gasteiger partial charge in [-0.25, -0.2) is 4.79 Å². The van der Waals surface area contributed by atoms with Crippen molar-refractivity contribution in [3.8, 4) is 33.8 Å². The molecule has 0 amide bonds. The molecule has 32 heavy (non-hydrogen) atoms. The number of fused-ring (bicyclic) bond motifs is 1. The Bertz CT molecular complexity index is 1340. The van der Waals surface area contributed by atoms with E-state index >= 15 is 0 Å². The number of esters is 1. The number of carbonyl (C=O) groups excluding carboxylic acids is 1. The standard InChI is InChI=1S/C27H22O5/c1-16-24(27(29)30)25(20-10-7-11-21(14-20)31-3)22-13-12-19(18-8-5-4-6-9-18)15-23(22)26(16)32-17(2)28/h4-15H,1-3H3,(H,29,30). The van der Waals surface area contributed by atoms with Gasteiger partial charge in [-0.05, 0) is 47.2 Å². The number of hydrogen-bond acceptors (Lipinski definition) is 4. The van der Waals surface area contributed by atoms with Crippen molar-refractivity contribution in [3.05, 3.63) is 83.9 Å². The van der Waals surface area contributed by atoms with Crippen LogP contribution in [-0.2, 0) is 4.79 Å². The molecular formula is C27H22O5. The maximum atomic E-state index is 12.4. The minimum Gasteiger partial charge on any atom is -0.497 e. The van der Waals surface area contributed by atoms with Crippen molar-refractivity contribution in [2.24, 2.45) is 0 Å². The number of hydrogen-bond donors (Lipinski definition) is 1. The molecule has 0 atom stereocenters. The molecule has 0 aromatic heterocycles. The lowest BCUT2D eigenvalue weighted by molar-refractivity contribution is -0.131. The molecule has 4 aromatic carbocycles. The first-order valence-corrected chi connectivity index (χ1v) is 10.1. The highest BCUT2D eigenvalue weighted by molar-refractivity contribution is 6.12. The Hall–Kier alpha value is -4.12. The van der Waals surface area contributed by atoms with E-state index < -0.39 is 11.9 Å². The number of carboxylic acids is 1. The van der Waals surface area contributed by atoms with Crippen LogP contribution in [0.15, 0.2) is 72.8 Å². The zero-order chi connectivity index (χ0) is 22.8. The van der Waals surface area contributed by atoms with Crippen LogP contribution in [0.5, 0.6) is 11.5 Å². The largest absolute Gasteiger partial charge is 0.497 e. The normalized spacial score (nSPS) is 10.7. The predicted octanol–water partition coefficient (Wildman–Crippen LogP) is 6.11. The van der Waals surface area contributed by atoms with Crippen molar-refractivity contribution >= 4 is 22.7 Å². The van der Waals surface area contributed by atoms with Crippen molar-refractivity contribution in [3.63, 3.8) is 0 Å². The summed E-state index contributed by atoms with van der Waals surface area (Å²) < 4.78 is 10.9. The topological polar surface area (TPSA) is 72.8 Å². The summed E-state index contributed by atoms with van der Waals surface area (Å²) in [6, 6.07) is 22.9. The van der Waals surface area contributed by atoms with E-state index in [0.29, 0.717) is 33.2 Å². The van der Waals surface area contributed by atoms with Gasteiger partial charge < -0.3 is 14.6 Å². The number of aromatic carboxylic acids is 1. The first-order valence-electron chi connectivity index (χ1n) is 10.1. The summed E-state index contributed by atoms with van der Waals surface area (Å²) in [5, 5.41) is 11.5. The fourth-order valence-corrected chi connectivity index (χ4v) is 4.02. The van der Waals surface area contributed by atoms with Gasteiger partial charge in [-0.2, -0.15) is 0 Å². The maximum Gasteiger partial charge on any atom is 0.336 e. The fraction of sp³-hybridized carbons (Fsp3) is 0.111. The quantitative estimate of drug-likeness (QED) is 0.308. The first kappa shape index (κ1) is 21.1. The van der Waals surface area contributed by atoms with E-state index in [1.165, 1.54) is 6.92 Å². The summed E-state index contributed by atoms with van der Waals surface area (Å²) in [7, 11) is 1.57. The third-order valence-corrected chi connectivity index (χ3v) is 5.42. The second-order valence-corrected chi connectivity index (χ2v) is 7.46. The number of carbonyl (C=O) groups is 2. The van der Waals surface area contributed by atoms with Gasteiger partial charge in [-0.3, -0.25) is 4.79 Å². The molecule has 0 aliphatic rings. The van der Waals surface area contributed by atoms with Gasteiger partial charge in [-0.15, -0.1) is 0 Å². The van der Waals surface area contributed by atoms with Crippen molar-refractivity contribution in [1.29, 1.82) is 0 Å². The summed E-state index contributed by atoms with van der Waals surface area (Å²) in [4.78, 5) is 24.3. The van der Waals surface area contributed by atoms with Gasteiger partial charge in [0.15, 0.2) is 0 Å². The lowest BCUT2D eigenvalue weighted by Gasteiger charge is -2.19. The molecule has 0 spiro atoms. The molecule has 0 saturated heterocycles. The summed E-state index contributed by atoms with van der Waals surface area (Å²) in [6.45, 7) is 2.97. The molecule has 0 radical (unpaired) electrons. The molecule has 0 bridgehead atoms. The monoisotopic (exact) mass is 426 g/mol. The summed E-state index contributed by atoms with van der Waals surface area (Å²) in [5.41, 5.74) is 3.69. The maximum absolute atomic E-state index is 12.4. The van der Waals surface area contributed by atoms with Crippen LogP contribution in [0.25, 0.3) is 33.0 Å². The molecule has 0 heterocycles. The summed E-state index contributed by atoms with van der Waals surface area (Å²) in [5.74, 6) is -0.725. The highest BCUT2D eigenvalue weighted by Crippen LogP contribution is 2.43. The number of carboxylic acid groups (broad SMARTS) is 1. The fourth-order valence-electron chi connectivity index (χ4n) is 4.02. The third-order valence-electron chi connectivity index (χ3n) is 5.42. The second-order valence-electron chi connectivity index (χ2n) is 7.46. The molecule has 0 saturated carbocycles. The van der Waals surface area contributed by atoms with Crippen molar-refractivity contribution < 1.29 is 24.2 Å². The summed E-state index contributed by atoms with van der Waals surface area (Å²) >= 11 is 0. The average molecular weight is 426 g/mol. The summed E-state index contributed by atoms with van der Waals surface area (Å²) in [6.07, 6.45) is 0. The molecule has 4 aromatic rings. The van der Waals surface area contributed by atoms with Gasteiger partial charge in [0, 0.05) is 23.4 Å². The highest BCUT2D eigenvalue weighted by Gasteiger charge is 2.25. The van der Waals surface area contributed by atoms with E-state index in [4.69, 9.17) is 9.47 Å². The Morgan fingerprint density at radius 1 is 0.812 bits per heavy atom. The third kappa shape index (κ3) is 3.81. The Balaban J connectivity index is 2.13. The molecule has 0 fully saturated rings. The van der Waals surface area contributed by atoms with Gasteiger partial charge in [0.25, 0.3) is 0 Å². The van der Waals surface area contributed by atoms with E-state index in [2.05, 4.69) is 0 Å². The SMILES string of the molecule is COc1cccc(-c2c(C(=O)O)c(C)c(OC(C)=O)c3cc(-c4ccccc4)ccc23)c1. The first-order chi connectivity index (χ1) is 15.4. The van der Waals surface area contributed by atoms with Gasteiger partial charge in [0.1, 0.15) is 11.5 Å². The smallest absolute Gasteiger partial charge is 0.336 e. The van der Waals surface area contributed by atoms with Crippen LogP contribution in [0.1, 0.15) is 22.8 Å². The number of ether oxygens (including phenoxy) is 2. The van der Waals surface area contributed by atoms with Crippen LogP contribution in [0.4, 0.5) is 0 Å². The molecule has 5 nitrogen and oxygen atoms in total. The zero-order valence-electron chi connectivity index (χ0n) is 18.0. The lowest BCUT2D eigenvalue weighted by atomic mass is 9.87. The number of rotatable bonds is 5. The van der Waals surface area contributed by atoms with Crippen LogP contribution in [0, 0.1) is 6.92 Å². The Morgan fingerprint density at radius 3 is 2.19 bits per heavy atom. The van der Waals surface area contributed by atoms with Crippen LogP contribution in [0.3, 0.4) is 0 Å². The molecule has 4 rings (SSSR count). The van der Waals surface area contributed by atoms with Crippen LogP contribution in [0.2, 0.25) is 0 Å². The van der Waals surface area contributed by atoms with E-state index in [9.17, 15) is 14.7 Å². The second kappa shape index (κ2) is 8.55. The minimum atomic E-state index is -1.09. The lowest BCUT2D eigenvalue weighted by Crippen LogP contribution is -2.10. The Morgan fingerprint density at radius 2 is 1.53 bits per heavy atom. The Kier molecular flexibility index (Phi) is 5.65. The highest BCUT2D eigenvalue weighted by atomic mass is 16.5. The molecule has 1 N–H and O–H groups in total. The van der Waals surface area contributed by atoms with Crippen molar-refractivity contribution in [2.45, 2.75) is 13.8 Å². The van der Waals surface area contributed by atoms with Crippen LogP contribution < -0.4 is 9.47 Å². The molecule has 0 aliphatic carbocycles. The molecule has 0 aliphatic heterocycles. The van der Waals surface area contributed by atoms with E-state index in [0.717, 1.165) is 11.1 Å². The molecule has 0 unspecified atom stereocenters. The average Bonchev–Trinajstić information content (AvgIpc) is 2.80. The molecule has 160 valence electrons. The van der Waals surface area contributed by atoms with Gasteiger partial charge in [-0.1, -0.05) is 54.6 Å². The number of methoxy groups -OCH3 is 1. The van der Waals surface area contributed by atoms with Crippen LogP contribution in [-0.4, -0.2) is 24.2 Å². The van der Waals surface area contributed by atoms with E-state index in [1.807, 2.05) is 60.7 Å². The van der Waals surface area contributed by atoms with Gasteiger partial charge in [0.05, 0.1) is 12.7 Å². The molecule has 5 heteroatoms. The van der Waals surface area contributed by atoms with E-state index in [-0.39, 0.29) is 11.3 Å². The minimum absolute atomic E-state index is 0.0921. The number of benzene rings is 4. The van der Waals surface area contributed by atoms with Gasteiger partial charge in [0.2, 0.25) is 0 Å². The molecular weight excluding hydrogens is 404 g/mol. The van der Waals surface area contributed by atoms with Crippen LogP contribution >= 0.6 is 0 Å². The Labute approximate surface area is 185 Å². The predicted molar refractivity (Wildman–Crippen MR) is 124 cm³/mol. The van der Waals surface area contributed by atoms with Crippen molar-refractivity contribution in [2.75, 3.05) is 7.11 Å². The van der Waals surface area contributed by atoms with E-state index in [1.54, 1.807) is 26.2 Å². The van der Waals surface area contributed by atoms with Crippen molar-refractivity contribution in [1.82, 2.24) is 0 Å².